The monoisotopic (exact) mass is 185 g/mol. The van der Waals surface area contributed by atoms with Crippen molar-refractivity contribution in [2.45, 2.75) is 25.8 Å². The van der Waals surface area contributed by atoms with Gasteiger partial charge in [0, 0.05) is 5.88 Å². The van der Waals surface area contributed by atoms with Gasteiger partial charge in [-0.15, -0.1) is 24.0 Å². The summed E-state index contributed by atoms with van der Waals surface area (Å²) in [7, 11) is 0. The molecule has 62 valence electrons. The fourth-order valence-electron chi connectivity index (χ4n) is 0.372. The van der Waals surface area contributed by atoms with Crippen molar-refractivity contribution in [2.75, 3.05) is 5.88 Å². The minimum atomic E-state index is -0.720. The SMILES string of the molecule is CC(=O)C(C)(N)CCCl.Cl. The van der Waals surface area contributed by atoms with Crippen molar-refractivity contribution < 1.29 is 4.79 Å². The summed E-state index contributed by atoms with van der Waals surface area (Å²) in [6, 6.07) is 0. The average molecular weight is 186 g/mol. The first-order valence-corrected chi connectivity index (χ1v) is 3.40. The van der Waals surface area contributed by atoms with Crippen LogP contribution in [0.15, 0.2) is 0 Å². The van der Waals surface area contributed by atoms with Crippen LogP contribution in [-0.4, -0.2) is 17.2 Å². The zero-order valence-electron chi connectivity index (χ0n) is 6.19. The minimum Gasteiger partial charge on any atom is -0.319 e. The summed E-state index contributed by atoms with van der Waals surface area (Å²) in [6.07, 6.45) is 0.546. The van der Waals surface area contributed by atoms with Crippen molar-refractivity contribution in [2.24, 2.45) is 5.73 Å². The summed E-state index contributed by atoms with van der Waals surface area (Å²) < 4.78 is 0. The Labute approximate surface area is 72.5 Å². The van der Waals surface area contributed by atoms with Gasteiger partial charge in [-0.1, -0.05) is 0 Å². The smallest absolute Gasteiger partial charge is 0.149 e. The summed E-state index contributed by atoms with van der Waals surface area (Å²) in [6.45, 7) is 3.17. The molecule has 0 heterocycles. The Morgan fingerprint density at radius 1 is 1.70 bits per heavy atom. The van der Waals surface area contributed by atoms with Gasteiger partial charge in [-0.2, -0.15) is 0 Å². The molecule has 2 N–H and O–H groups in total. The summed E-state index contributed by atoms with van der Waals surface area (Å²) in [4.78, 5) is 10.7. The molecule has 1 atom stereocenters. The molecule has 0 aliphatic carbocycles. The van der Waals surface area contributed by atoms with E-state index in [1.165, 1.54) is 6.92 Å². The molecule has 0 amide bonds. The van der Waals surface area contributed by atoms with Crippen LogP contribution in [0.25, 0.3) is 0 Å². The number of Topliss-reactive ketones (excluding diaryl/α,β-unsaturated/α-hetero) is 1. The van der Waals surface area contributed by atoms with E-state index in [4.69, 9.17) is 17.3 Å². The molecule has 0 radical (unpaired) electrons. The van der Waals surface area contributed by atoms with Gasteiger partial charge in [0.25, 0.3) is 0 Å². The van der Waals surface area contributed by atoms with Gasteiger partial charge in [0.05, 0.1) is 5.54 Å². The molecular formula is C6H13Cl2NO. The van der Waals surface area contributed by atoms with Crippen LogP contribution in [-0.2, 0) is 4.79 Å². The van der Waals surface area contributed by atoms with Crippen LogP contribution in [0.5, 0.6) is 0 Å². The van der Waals surface area contributed by atoms with E-state index in [0.29, 0.717) is 12.3 Å². The van der Waals surface area contributed by atoms with Crippen molar-refractivity contribution in [3.63, 3.8) is 0 Å². The Balaban J connectivity index is 0. The lowest BCUT2D eigenvalue weighted by Crippen LogP contribution is -2.43. The zero-order chi connectivity index (χ0) is 7.49. The standard InChI is InChI=1S/C6H12ClNO.ClH/c1-5(9)6(2,8)3-4-7;/h3-4,8H2,1-2H3;1H. The molecule has 10 heavy (non-hydrogen) atoms. The third-order valence-corrected chi connectivity index (χ3v) is 1.61. The molecule has 0 bridgehead atoms. The van der Waals surface area contributed by atoms with Gasteiger partial charge < -0.3 is 5.73 Å². The second-order valence-corrected chi connectivity index (χ2v) is 2.79. The number of nitrogens with two attached hydrogens (primary N) is 1. The first-order valence-electron chi connectivity index (χ1n) is 2.86. The predicted octanol–water partition coefficient (Wildman–Crippen LogP) is 1.34. The quantitative estimate of drug-likeness (QED) is 0.676. The van der Waals surface area contributed by atoms with E-state index >= 15 is 0 Å². The van der Waals surface area contributed by atoms with Crippen molar-refractivity contribution in [1.29, 1.82) is 0 Å². The highest BCUT2D eigenvalue weighted by molar-refractivity contribution is 6.18. The number of rotatable bonds is 3. The average Bonchev–Trinajstić information content (AvgIpc) is 1.65. The number of hydrogen-bond donors (Lipinski definition) is 1. The van der Waals surface area contributed by atoms with Crippen molar-refractivity contribution in [1.82, 2.24) is 0 Å². The summed E-state index contributed by atoms with van der Waals surface area (Å²) in [5, 5.41) is 0. The number of halogens is 2. The molecule has 0 aromatic rings. The van der Waals surface area contributed by atoms with Gasteiger partial charge in [0.15, 0.2) is 0 Å². The number of hydrogen-bond acceptors (Lipinski definition) is 2. The van der Waals surface area contributed by atoms with Crippen LogP contribution < -0.4 is 5.73 Å². The Kier molecular flexibility index (Phi) is 6.35. The highest BCUT2D eigenvalue weighted by Crippen LogP contribution is 2.06. The molecule has 0 aromatic heterocycles. The fourth-order valence-corrected chi connectivity index (χ4v) is 0.765. The Hall–Kier alpha value is 0.210. The largest absolute Gasteiger partial charge is 0.319 e. The molecule has 0 spiro atoms. The normalized spacial score (nSPS) is 15.2. The van der Waals surface area contributed by atoms with Crippen LogP contribution in [0.4, 0.5) is 0 Å². The molecule has 0 rings (SSSR count). The maximum absolute atomic E-state index is 10.7. The van der Waals surface area contributed by atoms with Crippen LogP contribution in [0.1, 0.15) is 20.3 Å². The highest BCUT2D eigenvalue weighted by atomic mass is 35.5. The first kappa shape index (κ1) is 12.8. The van der Waals surface area contributed by atoms with Crippen molar-refractivity contribution in [3.05, 3.63) is 0 Å². The fraction of sp³-hybridized carbons (Fsp3) is 0.833. The molecule has 2 nitrogen and oxygen atoms in total. The van der Waals surface area contributed by atoms with Crippen molar-refractivity contribution >= 4 is 29.8 Å². The van der Waals surface area contributed by atoms with Gasteiger partial charge in [-0.05, 0) is 20.3 Å². The number of carbonyl (C=O) groups is 1. The van der Waals surface area contributed by atoms with Gasteiger partial charge >= 0.3 is 0 Å². The summed E-state index contributed by atoms with van der Waals surface area (Å²) in [5.74, 6) is 0.426. The van der Waals surface area contributed by atoms with Gasteiger partial charge in [-0.3, -0.25) is 4.79 Å². The van der Waals surface area contributed by atoms with Gasteiger partial charge in [-0.25, -0.2) is 0 Å². The van der Waals surface area contributed by atoms with E-state index in [1.807, 2.05) is 0 Å². The molecule has 0 aliphatic rings. The molecule has 0 fully saturated rings. The Morgan fingerprint density at radius 2 is 2.10 bits per heavy atom. The predicted molar refractivity (Wildman–Crippen MR) is 45.9 cm³/mol. The van der Waals surface area contributed by atoms with Gasteiger partial charge in [0.1, 0.15) is 5.78 Å². The van der Waals surface area contributed by atoms with Crippen LogP contribution in [0.3, 0.4) is 0 Å². The van der Waals surface area contributed by atoms with Crippen molar-refractivity contribution in [3.8, 4) is 0 Å². The van der Waals surface area contributed by atoms with Crippen LogP contribution >= 0.6 is 24.0 Å². The maximum Gasteiger partial charge on any atom is 0.149 e. The molecule has 0 saturated carbocycles. The third-order valence-electron chi connectivity index (χ3n) is 1.42. The molecule has 4 heteroatoms. The van der Waals surface area contributed by atoms with Crippen LogP contribution in [0.2, 0.25) is 0 Å². The van der Waals surface area contributed by atoms with E-state index in [-0.39, 0.29) is 18.2 Å². The second kappa shape index (κ2) is 4.94. The van der Waals surface area contributed by atoms with Gasteiger partial charge in [0.2, 0.25) is 0 Å². The highest BCUT2D eigenvalue weighted by Gasteiger charge is 2.22. The molecule has 0 saturated heterocycles. The van der Waals surface area contributed by atoms with E-state index in [2.05, 4.69) is 0 Å². The second-order valence-electron chi connectivity index (χ2n) is 2.41. The number of ketones is 1. The van der Waals surface area contributed by atoms with Crippen LogP contribution in [0, 0.1) is 0 Å². The van der Waals surface area contributed by atoms with E-state index in [0.717, 1.165) is 0 Å². The zero-order valence-corrected chi connectivity index (χ0v) is 7.76. The number of carbonyl (C=O) groups excluding carboxylic acids is 1. The molecule has 1 unspecified atom stereocenters. The molecule has 0 aliphatic heterocycles. The van der Waals surface area contributed by atoms with E-state index in [1.54, 1.807) is 6.92 Å². The summed E-state index contributed by atoms with van der Waals surface area (Å²) >= 11 is 5.40. The Bertz CT molecular complexity index is 114. The lowest BCUT2D eigenvalue weighted by atomic mass is 9.96. The third kappa shape index (κ3) is 4.09. The number of alkyl halides is 1. The topological polar surface area (TPSA) is 43.1 Å². The van der Waals surface area contributed by atoms with E-state index in [9.17, 15) is 4.79 Å². The van der Waals surface area contributed by atoms with E-state index < -0.39 is 5.54 Å². The first-order chi connectivity index (χ1) is 4.00. The maximum atomic E-state index is 10.7. The molecular weight excluding hydrogens is 173 g/mol. The summed E-state index contributed by atoms with van der Waals surface area (Å²) in [5.41, 5.74) is 4.82. The minimum absolute atomic E-state index is 0. The lowest BCUT2D eigenvalue weighted by Gasteiger charge is -2.18. The molecule has 0 aromatic carbocycles. The lowest BCUT2D eigenvalue weighted by molar-refractivity contribution is -0.121. The Morgan fingerprint density at radius 3 is 2.20 bits per heavy atom.